The van der Waals surface area contributed by atoms with Gasteiger partial charge in [-0.05, 0) is 12.8 Å². The molecule has 1 aliphatic heterocycles. The molecular formula is C16H20N4O4. The summed E-state index contributed by atoms with van der Waals surface area (Å²) in [6.45, 7) is 1.61. The minimum atomic E-state index is -0.397. The van der Waals surface area contributed by atoms with Crippen LogP contribution >= 0.6 is 0 Å². The highest BCUT2D eigenvalue weighted by atomic mass is 16.5. The van der Waals surface area contributed by atoms with Gasteiger partial charge in [0, 0.05) is 38.3 Å². The highest BCUT2D eigenvalue weighted by Crippen LogP contribution is 2.19. The zero-order chi connectivity index (χ0) is 17.1. The number of nitrogens with zero attached hydrogens (tertiary/aromatic N) is 3. The molecule has 1 saturated heterocycles. The summed E-state index contributed by atoms with van der Waals surface area (Å²) in [4.78, 5) is 26.2. The number of methoxy groups -OCH3 is 1. The maximum atomic E-state index is 12.3. The summed E-state index contributed by atoms with van der Waals surface area (Å²) in [5, 5.41) is 7.10. The first kappa shape index (κ1) is 16.1. The first-order valence-corrected chi connectivity index (χ1v) is 7.79. The van der Waals surface area contributed by atoms with E-state index >= 15 is 0 Å². The van der Waals surface area contributed by atoms with Crippen LogP contribution in [-0.4, -0.2) is 41.9 Å². The van der Waals surface area contributed by atoms with Gasteiger partial charge in [-0.1, -0.05) is 0 Å². The molecule has 1 atom stereocenters. The van der Waals surface area contributed by atoms with Crippen molar-refractivity contribution < 1.29 is 13.9 Å². The molecule has 0 bridgehead atoms. The van der Waals surface area contributed by atoms with Gasteiger partial charge in [0.15, 0.2) is 5.76 Å². The second-order valence-corrected chi connectivity index (χ2v) is 5.75. The van der Waals surface area contributed by atoms with Crippen molar-refractivity contribution in [3.63, 3.8) is 0 Å². The van der Waals surface area contributed by atoms with Crippen molar-refractivity contribution in [2.75, 3.05) is 25.1 Å². The lowest BCUT2D eigenvalue weighted by Crippen LogP contribution is -2.48. The van der Waals surface area contributed by atoms with Gasteiger partial charge in [0.2, 0.25) is 11.2 Å². The summed E-state index contributed by atoms with van der Waals surface area (Å²) in [7, 11) is 3.27. The van der Waals surface area contributed by atoms with Gasteiger partial charge >= 0.3 is 0 Å². The molecule has 3 heterocycles. The lowest BCUT2D eigenvalue weighted by Gasteiger charge is -2.34. The number of ether oxygens (including phenoxy) is 1. The van der Waals surface area contributed by atoms with E-state index < -0.39 is 5.91 Å². The van der Waals surface area contributed by atoms with Crippen LogP contribution < -0.4 is 20.4 Å². The smallest absolute Gasteiger partial charge is 0.287 e. The standard InChI is InChI=1S/C16H20N4O4/c1-19-15(5-6-17-19)20-7-3-4-11(9-20)18-16(22)13-8-12(21)14(23-2)10-24-13/h5-6,8,10-11H,3-4,7,9H2,1-2H3,(H,18,22)/t11-/m1/s1. The van der Waals surface area contributed by atoms with Crippen molar-refractivity contribution in [3.05, 3.63) is 40.6 Å². The third-order valence-corrected chi connectivity index (χ3v) is 4.12. The second-order valence-electron chi connectivity index (χ2n) is 5.75. The fraction of sp³-hybridized carbons (Fsp3) is 0.438. The molecule has 1 N–H and O–H groups in total. The number of carbonyl (C=O) groups excluding carboxylic acids is 1. The molecular weight excluding hydrogens is 312 g/mol. The van der Waals surface area contributed by atoms with E-state index in [-0.39, 0.29) is 23.0 Å². The normalized spacial score (nSPS) is 17.6. The predicted octanol–water partition coefficient (Wildman–Crippen LogP) is 0.781. The van der Waals surface area contributed by atoms with Gasteiger partial charge in [-0.2, -0.15) is 5.10 Å². The Balaban J connectivity index is 1.67. The maximum Gasteiger partial charge on any atom is 0.287 e. The second kappa shape index (κ2) is 6.77. The summed E-state index contributed by atoms with van der Waals surface area (Å²) in [6, 6.07) is 3.08. The van der Waals surface area contributed by atoms with Gasteiger partial charge in [0.1, 0.15) is 12.1 Å². The predicted molar refractivity (Wildman–Crippen MR) is 87.4 cm³/mol. The van der Waals surface area contributed by atoms with E-state index in [0.717, 1.165) is 37.5 Å². The average molecular weight is 332 g/mol. The van der Waals surface area contributed by atoms with E-state index in [0.29, 0.717) is 6.54 Å². The molecule has 0 aliphatic carbocycles. The number of piperidine rings is 1. The van der Waals surface area contributed by atoms with Crippen molar-refractivity contribution in [2.24, 2.45) is 7.05 Å². The van der Waals surface area contributed by atoms with Crippen LogP contribution in [0.25, 0.3) is 0 Å². The molecule has 0 aromatic carbocycles. The molecule has 0 unspecified atom stereocenters. The number of carbonyl (C=O) groups is 1. The molecule has 2 aromatic heterocycles. The summed E-state index contributed by atoms with van der Waals surface area (Å²) >= 11 is 0. The van der Waals surface area contributed by atoms with Crippen LogP contribution in [0.3, 0.4) is 0 Å². The lowest BCUT2D eigenvalue weighted by molar-refractivity contribution is 0.0902. The number of aryl methyl sites for hydroxylation is 1. The molecule has 1 amide bonds. The van der Waals surface area contributed by atoms with Gasteiger partial charge < -0.3 is 19.4 Å². The zero-order valence-corrected chi connectivity index (χ0v) is 13.7. The third-order valence-electron chi connectivity index (χ3n) is 4.12. The maximum absolute atomic E-state index is 12.3. The molecule has 1 fully saturated rings. The molecule has 0 radical (unpaired) electrons. The minimum absolute atomic E-state index is 0.0153. The van der Waals surface area contributed by atoms with E-state index in [9.17, 15) is 9.59 Å². The van der Waals surface area contributed by atoms with Crippen molar-refractivity contribution >= 4 is 11.7 Å². The number of hydrogen-bond donors (Lipinski definition) is 1. The van der Waals surface area contributed by atoms with Crippen LogP contribution in [0.4, 0.5) is 5.82 Å². The molecule has 0 saturated carbocycles. The molecule has 3 rings (SSSR count). The topological polar surface area (TPSA) is 89.6 Å². The first-order valence-electron chi connectivity index (χ1n) is 7.79. The summed E-state index contributed by atoms with van der Waals surface area (Å²) in [5.74, 6) is 0.682. The van der Waals surface area contributed by atoms with E-state index in [4.69, 9.17) is 9.15 Å². The Bertz CT molecular complexity index is 782. The van der Waals surface area contributed by atoms with Gasteiger partial charge in [-0.25, -0.2) is 0 Å². The van der Waals surface area contributed by atoms with E-state index in [1.165, 1.54) is 7.11 Å². The number of aromatic nitrogens is 2. The van der Waals surface area contributed by atoms with Gasteiger partial charge in [0.05, 0.1) is 13.3 Å². The van der Waals surface area contributed by atoms with Gasteiger partial charge in [-0.3, -0.25) is 14.3 Å². The Labute approximate surface area is 139 Å². The number of amides is 1. The van der Waals surface area contributed by atoms with Crippen LogP contribution in [0.5, 0.6) is 5.75 Å². The van der Waals surface area contributed by atoms with Crippen LogP contribution in [-0.2, 0) is 7.05 Å². The zero-order valence-electron chi connectivity index (χ0n) is 13.7. The van der Waals surface area contributed by atoms with Gasteiger partial charge in [-0.15, -0.1) is 0 Å². The molecule has 2 aromatic rings. The van der Waals surface area contributed by atoms with Crippen molar-refractivity contribution in [1.82, 2.24) is 15.1 Å². The molecule has 1 aliphatic rings. The fourth-order valence-electron chi connectivity index (χ4n) is 2.90. The van der Waals surface area contributed by atoms with Crippen molar-refractivity contribution in [1.29, 1.82) is 0 Å². The molecule has 24 heavy (non-hydrogen) atoms. The minimum Gasteiger partial charge on any atom is -0.490 e. The molecule has 128 valence electrons. The number of nitrogens with one attached hydrogen (secondary N) is 1. The molecule has 0 spiro atoms. The lowest BCUT2D eigenvalue weighted by atomic mass is 10.1. The molecule has 8 nitrogen and oxygen atoms in total. The summed E-state index contributed by atoms with van der Waals surface area (Å²) in [5.41, 5.74) is -0.381. The molecule has 8 heteroatoms. The quantitative estimate of drug-likeness (QED) is 0.890. The van der Waals surface area contributed by atoms with Crippen LogP contribution in [0, 0.1) is 0 Å². The summed E-state index contributed by atoms with van der Waals surface area (Å²) < 4.78 is 11.8. The van der Waals surface area contributed by atoms with Gasteiger partial charge in [0.25, 0.3) is 5.91 Å². The number of rotatable bonds is 4. The van der Waals surface area contributed by atoms with E-state index in [1.807, 2.05) is 17.8 Å². The van der Waals surface area contributed by atoms with Crippen molar-refractivity contribution in [3.8, 4) is 5.75 Å². The highest BCUT2D eigenvalue weighted by molar-refractivity contribution is 5.91. The monoisotopic (exact) mass is 332 g/mol. The fourth-order valence-corrected chi connectivity index (χ4v) is 2.90. The highest BCUT2D eigenvalue weighted by Gasteiger charge is 2.24. The Hall–Kier alpha value is -2.77. The Kier molecular flexibility index (Phi) is 4.54. The van der Waals surface area contributed by atoms with Crippen LogP contribution in [0.1, 0.15) is 23.4 Å². The van der Waals surface area contributed by atoms with E-state index in [2.05, 4.69) is 15.3 Å². The Morgan fingerprint density at radius 2 is 2.33 bits per heavy atom. The number of hydrogen-bond acceptors (Lipinski definition) is 6. The Morgan fingerprint density at radius 3 is 3.00 bits per heavy atom. The largest absolute Gasteiger partial charge is 0.490 e. The SMILES string of the molecule is COc1coc(C(=O)N[C@@H]2CCCN(c3ccnn3C)C2)cc1=O. The summed E-state index contributed by atoms with van der Waals surface area (Å²) in [6.07, 6.45) is 4.74. The van der Waals surface area contributed by atoms with E-state index in [1.54, 1.807) is 6.20 Å². The average Bonchev–Trinajstić information content (AvgIpc) is 3.01. The van der Waals surface area contributed by atoms with Crippen LogP contribution in [0.15, 0.2) is 33.8 Å². The Morgan fingerprint density at radius 1 is 1.50 bits per heavy atom. The van der Waals surface area contributed by atoms with Crippen molar-refractivity contribution in [2.45, 2.75) is 18.9 Å². The third kappa shape index (κ3) is 3.27. The first-order chi connectivity index (χ1) is 11.6. The van der Waals surface area contributed by atoms with Crippen LogP contribution in [0.2, 0.25) is 0 Å². The number of anilines is 1.